The highest BCUT2D eigenvalue weighted by Crippen LogP contribution is 2.30. The van der Waals surface area contributed by atoms with Gasteiger partial charge in [-0.15, -0.1) is 0 Å². The van der Waals surface area contributed by atoms with E-state index in [0.29, 0.717) is 12.4 Å². The van der Waals surface area contributed by atoms with Gasteiger partial charge >= 0.3 is 0 Å². The van der Waals surface area contributed by atoms with Crippen molar-refractivity contribution in [1.29, 1.82) is 0 Å². The normalized spacial score (nSPS) is 17.1. The number of hydrogen-bond donors (Lipinski definition) is 2. The number of benzene rings is 1. The Bertz CT molecular complexity index is 654. The molecule has 0 saturated heterocycles. The maximum Gasteiger partial charge on any atom is 0.222 e. The van der Waals surface area contributed by atoms with Gasteiger partial charge in [0.2, 0.25) is 5.95 Å². The minimum atomic E-state index is -0.712. The van der Waals surface area contributed by atoms with E-state index < -0.39 is 6.23 Å². The van der Waals surface area contributed by atoms with E-state index in [2.05, 4.69) is 9.97 Å². The molecule has 1 atom stereocenters. The Hall–Kier alpha value is -2.40. The van der Waals surface area contributed by atoms with Crippen LogP contribution in [0.25, 0.3) is 6.08 Å². The first-order valence-electron chi connectivity index (χ1n) is 6.46. The van der Waals surface area contributed by atoms with Crippen LogP contribution in [-0.4, -0.2) is 21.3 Å². The molecule has 1 aromatic carbocycles. The average molecular weight is 268 g/mol. The van der Waals surface area contributed by atoms with Crippen molar-refractivity contribution in [3.63, 3.8) is 0 Å². The quantitative estimate of drug-likeness (QED) is 0.867. The first-order valence-corrected chi connectivity index (χ1v) is 6.46. The fraction of sp³-hybridized carbons (Fsp3) is 0.200. The van der Waals surface area contributed by atoms with E-state index in [1.165, 1.54) is 0 Å². The Morgan fingerprint density at radius 2 is 2.00 bits per heavy atom. The number of aromatic nitrogens is 2. The molecule has 5 heteroatoms. The number of nitrogen functional groups attached to an aromatic ring is 1. The Morgan fingerprint density at radius 1 is 1.25 bits per heavy atom. The molecule has 20 heavy (non-hydrogen) atoms. The van der Waals surface area contributed by atoms with Crippen molar-refractivity contribution in [2.75, 3.05) is 10.6 Å². The summed E-state index contributed by atoms with van der Waals surface area (Å²) in [6, 6.07) is 9.95. The molecule has 0 amide bonds. The number of fused-ring (bicyclic) bond motifs is 1. The van der Waals surface area contributed by atoms with E-state index >= 15 is 0 Å². The molecular weight excluding hydrogens is 252 g/mol. The molecule has 0 fully saturated rings. The van der Waals surface area contributed by atoms with Crippen molar-refractivity contribution in [1.82, 2.24) is 9.97 Å². The molecule has 102 valence electrons. The van der Waals surface area contributed by atoms with Crippen molar-refractivity contribution in [2.45, 2.75) is 19.7 Å². The number of aliphatic hydroxyl groups excluding tert-OH is 1. The molecule has 0 spiro atoms. The highest BCUT2D eigenvalue weighted by Gasteiger charge is 2.24. The first-order chi connectivity index (χ1) is 9.65. The topological polar surface area (TPSA) is 75.3 Å². The van der Waals surface area contributed by atoms with Gasteiger partial charge in [0.15, 0.2) is 0 Å². The monoisotopic (exact) mass is 268 g/mol. The summed E-state index contributed by atoms with van der Waals surface area (Å²) in [5.74, 6) is 0.899. The van der Waals surface area contributed by atoms with Crippen LogP contribution in [-0.2, 0) is 6.54 Å². The summed E-state index contributed by atoms with van der Waals surface area (Å²) in [4.78, 5) is 10.3. The molecule has 1 aromatic heterocycles. The number of aliphatic hydroxyl groups is 1. The van der Waals surface area contributed by atoms with E-state index in [1.54, 1.807) is 6.08 Å². The van der Waals surface area contributed by atoms with Gasteiger partial charge in [0, 0.05) is 12.1 Å². The molecule has 1 aliphatic heterocycles. The molecule has 2 aromatic rings. The van der Waals surface area contributed by atoms with E-state index in [0.717, 1.165) is 16.8 Å². The molecular formula is C15H16N4O. The van der Waals surface area contributed by atoms with Crippen molar-refractivity contribution in [2.24, 2.45) is 0 Å². The van der Waals surface area contributed by atoms with Crippen molar-refractivity contribution >= 4 is 17.8 Å². The smallest absolute Gasteiger partial charge is 0.222 e. The van der Waals surface area contributed by atoms with Gasteiger partial charge in [-0.3, -0.25) is 0 Å². The van der Waals surface area contributed by atoms with Crippen LogP contribution in [0.5, 0.6) is 0 Å². The van der Waals surface area contributed by atoms with Gasteiger partial charge in [-0.1, -0.05) is 30.3 Å². The molecule has 0 aliphatic carbocycles. The molecule has 0 saturated carbocycles. The Labute approximate surface area is 117 Å². The summed E-state index contributed by atoms with van der Waals surface area (Å²) in [6.45, 7) is 2.45. The van der Waals surface area contributed by atoms with Crippen molar-refractivity contribution < 1.29 is 5.11 Å². The second kappa shape index (κ2) is 4.94. The van der Waals surface area contributed by atoms with E-state index in [-0.39, 0.29) is 5.95 Å². The number of anilines is 2. The molecule has 1 aliphatic rings. The van der Waals surface area contributed by atoms with Crippen LogP contribution in [0, 0.1) is 6.92 Å². The molecule has 2 heterocycles. The van der Waals surface area contributed by atoms with Crippen LogP contribution in [0.15, 0.2) is 36.4 Å². The van der Waals surface area contributed by atoms with Crippen LogP contribution in [0.4, 0.5) is 11.8 Å². The van der Waals surface area contributed by atoms with Crippen LogP contribution >= 0.6 is 0 Å². The fourth-order valence-electron chi connectivity index (χ4n) is 2.36. The number of nitrogens with zero attached hydrogens (tertiary/aromatic N) is 3. The highest BCUT2D eigenvalue weighted by molar-refractivity contribution is 5.71. The largest absolute Gasteiger partial charge is 0.370 e. The summed E-state index contributed by atoms with van der Waals surface area (Å²) in [5, 5.41) is 10.2. The zero-order chi connectivity index (χ0) is 14.1. The Morgan fingerprint density at radius 3 is 2.75 bits per heavy atom. The van der Waals surface area contributed by atoms with Crippen LogP contribution in [0.2, 0.25) is 0 Å². The van der Waals surface area contributed by atoms with Gasteiger partial charge in [0.1, 0.15) is 12.0 Å². The SMILES string of the molecule is Cc1nc(N)nc2c1C=CC(O)N2Cc1ccccc1. The third kappa shape index (κ3) is 2.23. The van der Waals surface area contributed by atoms with E-state index in [1.807, 2.05) is 48.2 Å². The molecule has 1 unspecified atom stereocenters. The maximum absolute atomic E-state index is 10.2. The first kappa shape index (κ1) is 12.6. The van der Waals surface area contributed by atoms with Gasteiger partial charge in [-0.05, 0) is 24.6 Å². The zero-order valence-corrected chi connectivity index (χ0v) is 11.2. The van der Waals surface area contributed by atoms with Crippen molar-refractivity contribution in [3.8, 4) is 0 Å². The summed E-state index contributed by atoms with van der Waals surface area (Å²) < 4.78 is 0. The molecule has 0 bridgehead atoms. The minimum absolute atomic E-state index is 0.224. The second-order valence-corrected chi connectivity index (χ2v) is 4.79. The average Bonchev–Trinajstić information content (AvgIpc) is 2.43. The lowest BCUT2D eigenvalue weighted by atomic mass is 10.1. The molecule has 5 nitrogen and oxygen atoms in total. The zero-order valence-electron chi connectivity index (χ0n) is 11.2. The van der Waals surface area contributed by atoms with E-state index in [4.69, 9.17) is 5.73 Å². The minimum Gasteiger partial charge on any atom is -0.370 e. The predicted octanol–water partition coefficient (Wildman–Crippen LogP) is 1.72. The second-order valence-electron chi connectivity index (χ2n) is 4.79. The van der Waals surface area contributed by atoms with Crippen molar-refractivity contribution in [3.05, 3.63) is 53.2 Å². The van der Waals surface area contributed by atoms with Gasteiger partial charge in [-0.25, -0.2) is 4.98 Å². The lowest BCUT2D eigenvalue weighted by Gasteiger charge is -2.31. The van der Waals surface area contributed by atoms with Crippen LogP contribution in [0.3, 0.4) is 0 Å². The maximum atomic E-state index is 10.2. The third-order valence-electron chi connectivity index (χ3n) is 3.36. The summed E-state index contributed by atoms with van der Waals surface area (Å²) in [7, 11) is 0. The summed E-state index contributed by atoms with van der Waals surface area (Å²) in [5.41, 5.74) is 8.55. The molecule has 3 rings (SSSR count). The highest BCUT2D eigenvalue weighted by atomic mass is 16.3. The summed E-state index contributed by atoms with van der Waals surface area (Å²) in [6.07, 6.45) is 2.87. The van der Waals surface area contributed by atoms with Gasteiger partial charge in [-0.2, -0.15) is 4.98 Å². The van der Waals surface area contributed by atoms with Gasteiger partial charge < -0.3 is 15.7 Å². The standard InChI is InChI=1S/C15H16N4O/c1-10-12-7-8-13(20)19(14(12)18-15(16)17-10)9-11-5-3-2-4-6-11/h2-8,13,20H,9H2,1H3,(H2,16,17,18). The fourth-order valence-corrected chi connectivity index (χ4v) is 2.36. The van der Waals surface area contributed by atoms with Gasteiger partial charge in [0.05, 0.1) is 5.69 Å². The lowest BCUT2D eigenvalue weighted by molar-refractivity contribution is 0.213. The molecule has 3 N–H and O–H groups in total. The Balaban J connectivity index is 2.02. The number of nitrogens with two attached hydrogens (primary N) is 1. The number of aryl methyl sites for hydroxylation is 1. The predicted molar refractivity (Wildman–Crippen MR) is 78.8 cm³/mol. The number of hydrogen-bond acceptors (Lipinski definition) is 5. The van der Waals surface area contributed by atoms with Crippen LogP contribution < -0.4 is 10.6 Å². The van der Waals surface area contributed by atoms with E-state index in [9.17, 15) is 5.11 Å². The Kier molecular flexibility index (Phi) is 3.12. The molecule has 0 radical (unpaired) electrons. The number of rotatable bonds is 2. The third-order valence-corrected chi connectivity index (χ3v) is 3.36. The lowest BCUT2D eigenvalue weighted by Crippen LogP contribution is -2.36. The van der Waals surface area contributed by atoms with Gasteiger partial charge in [0.25, 0.3) is 0 Å². The summed E-state index contributed by atoms with van der Waals surface area (Å²) >= 11 is 0. The van der Waals surface area contributed by atoms with Crippen LogP contribution in [0.1, 0.15) is 16.8 Å².